The number of amides is 1. The Balaban J connectivity index is 3.02. The zero-order chi connectivity index (χ0) is 14.8. The molecule has 0 spiro atoms. The van der Waals surface area contributed by atoms with E-state index in [-0.39, 0.29) is 11.4 Å². The molecule has 1 rings (SSSR count). The molecule has 0 bridgehead atoms. The molecule has 104 valence electrons. The van der Waals surface area contributed by atoms with E-state index in [4.69, 9.17) is 17.3 Å². The van der Waals surface area contributed by atoms with Crippen molar-refractivity contribution in [1.29, 1.82) is 0 Å². The van der Waals surface area contributed by atoms with Crippen LogP contribution in [0.25, 0.3) is 0 Å². The van der Waals surface area contributed by atoms with Gasteiger partial charge in [0.15, 0.2) is 0 Å². The van der Waals surface area contributed by atoms with Crippen molar-refractivity contribution in [3.63, 3.8) is 0 Å². The number of anilines is 1. The summed E-state index contributed by atoms with van der Waals surface area (Å²) in [7, 11) is 0. The first-order valence-corrected chi connectivity index (χ1v) is 6.01. The van der Waals surface area contributed by atoms with Crippen molar-refractivity contribution in [2.24, 2.45) is 11.1 Å². The predicted molar refractivity (Wildman–Crippen MR) is 74.2 cm³/mol. The number of nitro groups is 1. The molecular formula is C12H16ClN3O3. The number of hydrogen-bond acceptors (Lipinski definition) is 4. The van der Waals surface area contributed by atoms with E-state index in [1.54, 1.807) is 0 Å². The van der Waals surface area contributed by atoms with Crippen LogP contribution in [0.2, 0.25) is 5.02 Å². The van der Waals surface area contributed by atoms with Gasteiger partial charge >= 0.3 is 0 Å². The SMILES string of the molecule is CC(C)(C)[C@H](N)C(=O)Nc1cc(Cl)ccc1[N+](=O)[O-]. The summed E-state index contributed by atoms with van der Waals surface area (Å²) in [6.07, 6.45) is 0. The molecule has 0 aliphatic rings. The van der Waals surface area contributed by atoms with Gasteiger partial charge in [0.25, 0.3) is 5.69 Å². The highest BCUT2D eigenvalue weighted by molar-refractivity contribution is 6.31. The lowest BCUT2D eigenvalue weighted by atomic mass is 9.87. The van der Waals surface area contributed by atoms with Gasteiger partial charge in [0, 0.05) is 11.1 Å². The first-order chi connectivity index (χ1) is 8.62. The molecule has 3 N–H and O–H groups in total. The van der Waals surface area contributed by atoms with Crippen LogP contribution in [0.15, 0.2) is 18.2 Å². The van der Waals surface area contributed by atoms with Crippen molar-refractivity contribution in [2.45, 2.75) is 26.8 Å². The van der Waals surface area contributed by atoms with Gasteiger partial charge in [0.2, 0.25) is 5.91 Å². The molecule has 1 atom stereocenters. The third kappa shape index (κ3) is 3.90. The number of rotatable bonds is 3. The van der Waals surface area contributed by atoms with Gasteiger partial charge in [-0.15, -0.1) is 0 Å². The summed E-state index contributed by atoms with van der Waals surface area (Å²) in [6.45, 7) is 5.43. The number of nitrogens with one attached hydrogen (secondary N) is 1. The van der Waals surface area contributed by atoms with Gasteiger partial charge in [-0.3, -0.25) is 14.9 Å². The van der Waals surface area contributed by atoms with Crippen molar-refractivity contribution in [1.82, 2.24) is 0 Å². The van der Waals surface area contributed by atoms with Crippen molar-refractivity contribution < 1.29 is 9.72 Å². The standard InChI is InChI=1S/C12H16ClN3O3/c1-12(2,3)10(14)11(17)15-8-6-7(13)4-5-9(8)16(18)19/h4-6,10H,14H2,1-3H3,(H,15,17)/t10-/m1/s1. The Morgan fingerprint density at radius 2 is 2.05 bits per heavy atom. The minimum absolute atomic E-state index is 0.0437. The molecule has 0 aliphatic carbocycles. The number of hydrogen-bond donors (Lipinski definition) is 2. The number of benzene rings is 1. The molecule has 0 aliphatic heterocycles. The molecule has 1 aromatic rings. The quantitative estimate of drug-likeness (QED) is 0.658. The van der Waals surface area contributed by atoms with Crippen LogP contribution in [-0.2, 0) is 4.79 Å². The fourth-order valence-corrected chi connectivity index (χ4v) is 1.54. The number of nitrogens with zero attached hydrogens (tertiary/aromatic N) is 1. The zero-order valence-electron chi connectivity index (χ0n) is 10.9. The van der Waals surface area contributed by atoms with Gasteiger partial charge in [-0.1, -0.05) is 32.4 Å². The molecular weight excluding hydrogens is 270 g/mol. The number of halogens is 1. The molecule has 0 unspecified atom stereocenters. The van der Waals surface area contributed by atoms with E-state index in [1.807, 2.05) is 20.8 Å². The molecule has 0 fully saturated rings. The summed E-state index contributed by atoms with van der Waals surface area (Å²) in [5.41, 5.74) is 5.16. The summed E-state index contributed by atoms with van der Waals surface area (Å²) < 4.78 is 0. The minimum atomic E-state index is -0.786. The van der Waals surface area contributed by atoms with E-state index in [9.17, 15) is 14.9 Å². The molecule has 0 radical (unpaired) electrons. The second-order valence-electron chi connectivity index (χ2n) is 5.25. The summed E-state index contributed by atoms with van der Waals surface area (Å²) in [5.74, 6) is -0.488. The number of carbonyl (C=O) groups excluding carboxylic acids is 1. The summed E-state index contributed by atoms with van der Waals surface area (Å²) in [5, 5.41) is 13.6. The predicted octanol–water partition coefficient (Wildman–Crippen LogP) is 2.56. The monoisotopic (exact) mass is 285 g/mol. The Kier molecular flexibility index (Phi) is 4.49. The molecule has 0 aromatic heterocycles. The maximum atomic E-state index is 11.9. The smallest absolute Gasteiger partial charge is 0.292 e. The Bertz CT molecular complexity index is 511. The second-order valence-corrected chi connectivity index (χ2v) is 5.69. The first kappa shape index (κ1) is 15.4. The van der Waals surface area contributed by atoms with Crippen molar-refractivity contribution in [2.75, 3.05) is 5.32 Å². The highest BCUT2D eigenvalue weighted by Crippen LogP contribution is 2.28. The molecule has 1 amide bonds. The first-order valence-electron chi connectivity index (χ1n) is 5.63. The van der Waals surface area contributed by atoms with Crippen molar-refractivity contribution >= 4 is 28.9 Å². The van der Waals surface area contributed by atoms with E-state index in [0.29, 0.717) is 5.02 Å². The van der Waals surface area contributed by atoms with Crippen LogP contribution in [0, 0.1) is 15.5 Å². The fraction of sp³-hybridized carbons (Fsp3) is 0.417. The topological polar surface area (TPSA) is 98.3 Å². The van der Waals surface area contributed by atoms with Gasteiger partial charge in [0.05, 0.1) is 11.0 Å². The Morgan fingerprint density at radius 3 is 2.53 bits per heavy atom. The van der Waals surface area contributed by atoms with Crippen LogP contribution in [0.4, 0.5) is 11.4 Å². The largest absolute Gasteiger partial charge is 0.319 e. The molecule has 1 aromatic carbocycles. The van der Waals surface area contributed by atoms with Crippen molar-refractivity contribution in [3.8, 4) is 0 Å². The number of nitrogens with two attached hydrogens (primary N) is 1. The van der Waals surface area contributed by atoms with Gasteiger partial charge in [-0.2, -0.15) is 0 Å². The van der Waals surface area contributed by atoms with Crippen LogP contribution >= 0.6 is 11.6 Å². The number of nitro benzene ring substituents is 1. The average Bonchev–Trinajstić information content (AvgIpc) is 2.26. The van der Waals surface area contributed by atoms with Crippen LogP contribution in [0.1, 0.15) is 20.8 Å². The lowest BCUT2D eigenvalue weighted by molar-refractivity contribution is -0.383. The Morgan fingerprint density at radius 1 is 1.47 bits per heavy atom. The van der Waals surface area contributed by atoms with Gasteiger partial charge in [-0.25, -0.2) is 0 Å². The second kappa shape index (κ2) is 5.54. The van der Waals surface area contributed by atoms with E-state index < -0.39 is 22.3 Å². The average molecular weight is 286 g/mol. The normalized spacial score (nSPS) is 12.9. The van der Waals surface area contributed by atoms with Crippen LogP contribution < -0.4 is 11.1 Å². The Hall–Kier alpha value is -1.66. The highest BCUT2D eigenvalue weighted by atomic mass is 35.5. The molecule has 7 heteroatoms. The Labute approximate surface area is 116 Å². The maximum absolute atomic E-state index is 11.9. The summed E-state index contributed by atoms with van der Waals surface area (Å²) in [6, 6.07) is 3.16. The molecule has 0 saturated heterocycles. The number of carbonyl (C=O) groups is 1. The van der Waals surface area contributed by atoms with Crippen LogP contribution in [0.3, 0.4) is 0 Å². The lowest BCUT2D eigenvalue weighted by Crippen LogP contribution is -2.45. The van der Waals surface area contributed by atoms with Gasteiger partial charge < -0.3 is 11.1 Å². The lowest BCUT2D eigenvalue weighted by Gasteiger charge is -2.25. The molecule has 6 nitrogen and oxygen atoms in total. The molecule has 19 heavy (non-hydrogen) atoms. The zero-order valence-corrected chi connectivity index (χ0v) is 11.7. The maximum Gasteiger partial charge on any atom is 0.292 e. The van der Waals surface area contributed by atoms with E-state index in [1.165, 1.54) is 18.2 Å². The summed E-state index contributed by atoms with van der Waals surface area (Å²) in [4.78, 5) is 22.2. The van der Waals surface area contributed by atoms with Gasteiger partial charge in [-0.05, 0) is 17.5 Å². The summed E-state index contributed by atoms with van der Waals surface area (Å²) >= 11 is 5.77. The van der Waals surface area contributed by atoms with Crippen molar-refractivity contribution in [3.05, 3.63) is 33.3 Å². The van der Waals surface area contributed by atoms with E-state index in [2.05, 4.69) is 5.32 Å². The van der Waals surface area contributed by atoms with E-state index in [0.717, 1.165) is 0 Å². The van der Waals surface area contributed by atoms with Crippen LogP contribution in [0.5, 0.6) is 0 Å². The molecule has 0 heterocycles. The van der Waals surface area contributed by atoms with Gasteiger partial charge in [0.1, 0.15) is 5.69 Å². The third-order valence-corrected chi connectivity index (χ3v) is 2.86. The van der Waals surface area contributed by atoms with Crippen LogP contribution in [-0.4, -0.2) is 16.9 Å². The minimum Gasteiger partial charge on any atom is -0.319 e. The molecule has 0 saturated carbocycles. The fourth-order valence-electron chi connectivity index (χ4n) is 1.37. The third-order valence-electron chi connectivity index (χ3n) is 2.63. The van der Waals surface area contributed by atoms with E-state index >= 15 is 0 Å². The highest BCUT2D eigenvalue weighted by Gasteiger charge is 2.28.